The van der Waals surface area contributed by atoms with E-state index in [2.05, 4.69) is 4.90 Å². The summed E-state index contributed by atoms with van der Waals surface area (Å²) in [7, 11) is 0. The van der Waals surface area contributed by atoms with E-state index in [-0.39, 0.29) is 11.8 Å². The minimum atomic E-state index is 0.0606. The van der Waals surface area contributed by atoms with Crippen LogP contribution in [0.25, 0.3) is 6.08 Å². The Bertz CT molecular complexity index is 571. The van der Waals surface area contributed by atoms with Gasteiger partial charge in [-0.3, -0.25) is 14.5 Å². The first-order chi connectivity index (χ1) is 11.7. The number of hydrogen-bond acceptors (Lipinski definition) is 4. The molecule has 2 aliphatic heterocycles. The molecule has 0 N–H and O–H groups in total. The summed E-state index contributed by atoms with van der Waals surface area (Å²) in [4.78, 5) is 31.6. The van der Waals surface area contributed by atoms with Crippen molar-refractivity contribution in [3.8, 4) is 0 Å². The van der Waals surface area contributed by atoms with E-state index in [1.807, 2.05) is 33.4 Å². The van der Waals surface area contributed by atoms with E-state index in [9.17, 15) is 9.59 Å². The lowest BCUT2D eigenvalue weighted by molar-refractivity contribution is -0.134. The highest BCUT2D eigenvalue weighted by Crippen LogP contribution is 2.12. The maximum absolute atomic E-state index is 12.3. The number of nitrogens with zero attached hydrogens (tertiary/aromatic N) is 3. The summed E-state index contributed by atoms with van der Waals surface area (Å²) in [5.41, 5.74) is 0. The molecule has 2 aliphatic rings. The van der Waals surface area contributed by atoms with E-state index >= 15 is 0 Å². The van der Waals surface area contributed by atoms with Gasteiger partial charge in [-0.25, -0.2) is 0 Å². The van der Waals surface area contributed by atoms with E-state index in [0.717, 1.165) is 43.9 Å². The van der Waals surface area contributed by atoms with E-state index in [1.165, 1.54) is 6.42 Å². The summed E-state index contributed by atoms with van der Waals surface area (Å²) in [6.07, 6.45) is 7.03. The van der Waals surface area contributed by atoms with Crippen molar-refractivity contribution >= 4 is 29.2 Å². The minimum Gasteiger partial charge on any atom is -0.342 e. The highest BCUT2D eigenvalue weighted by atomic mass is 32.1. The van der Waals surface area contributed by atoms with Crippen LogP contribution in [0.4, 0.5) is 0 Å². The van der Waals surface area contributed by atoms with Gasteiger partial charge >= 0.3 is 0 Å². The van der Waals surface area contributed by atoms with Crippen LogP contribution in [0.15, 0.2) is 23.6 Å². The molecule has 0 aromatic carbocycles. The number of rotatable bonds is 4. The van der Waals surface area contributed by atoms with Crippen molar-refractivity contribution in [1.29, 1.82) is 0 Å². The molecule has 0 spiro atoms. The fraction of sp³-hybridized carbons (Fsp3) is 0.556. The van der Waals surface area contributed by atoms with Gasteiger partial charge in [-0.05, 0) is 36.8 Å². The molecule has 0 saturated carbocycles. The number of carbonyl (C=O) groups is 2. The van der Waals surface area contributed by atoms with Crippen LogP contribution in [-0.2, 0) is 9.59 Å². The minimum absolute atomic E-state index is 0.0606. The third-order valence-electron chi connectivity index (χ3n) is 4.68. The second kappa shape index (κ2) is 8.44. The van der Waals surface area contributed by atoms with Crippen molar-refractivity contribution in [2.24, 2.45) is 0 Å². The quantitative estimate of drug-likeness (QED) is 0.782. The van der Waals surface area contributed by atoms with Crippen LogP contribution < -0.4 is 0 Å². The molecule has 2 saturated heterocycles. The monoisotopic (exact) mass is 347 g/mol. The SMILES string of the molecule is O=C(/C=C/c1cccs1)N1CCN(CC(=O)N2CCCCC2)CC1. The van der Waals surface area contributed by atoms with Crippen LogP contribution in [0.3, 0.4) is 0 Å². The maximum Gasteiger partial charge on any atom is 0.246 e. The predicted octanol–water partition coefficient (Wildman–Crippen LogP) is 1.92. The van der Waals surface area contributed by atoms with Crippen LogP contribution >= 0.6 is 11.3 Å². The molecule has 6 heteroatoms. The molecule has 24 heavy (non-hydrogen) atoms. The summed E-state index contributed by atoms with van der Waals surface area (Å²) in [6, 6.07) is 3.98. The van der Waals surface area contributed by atoms with Gasteiger partial charge in [-0.2, -0.15) is 0 Å². The first-order valence-corrected chi connectivity index (χ1v) is 9.61. The number of piperazine rings is 1. The number of carbonyl (C=O) groups excluding carboxylic acids is 2. The Hall–Kier alpha value is -1.66. The van der Waals surface area contributed by atoms with Crippen molar-refractivity contribution in [2.45, 2.75) is 19.3 Å². The topological polar surface area (TPSA) is 43.9 Å². The van der Waals surface area contributed by atoms with Gasteiger partial charge in [0, 0.05) is 50.2 Å². The van der Waals surface area contributed by atoms with Crippen molar-refractivity contribution in [3.63, 3.8) is 0 Å². The number of amides is 2. The third-order valence-corrected chi connectivity index (χ3v) is 5.52. The Morgan fingerprint density at radius 3 is 2.42 bits per heavy atom. The van der Waals surface area contributed by atoms with Gasteiger partial charge in [0.25, 0.3) is 0 Å². The Kier molecular flexibility index (Phi) is 6.04. The van der Waals surface area contributed by atoms with Gasteiger partial charge < -0.3 is 9.80 Å². The Morgan fingerprint density at radius 1 is 1.00 bits per heavy atom. The molecule has 0 radical (unpaired) electrons. The lowest BCUT2D eigenvalue weighted by Crippen LogP contribution is -2.51. The average molecular weight is 347 g/mol. The number of likely N-dealkylation sites (tertiary alicyclic amines) is 1. The average Bonchev–Trinajstić information content (AvgIpc) is 3.14. The van der Waals surface area contributed by atoms with Crippen LogP contribution in [0, 0.1) is 0 Å². The zero-order chi connectivity index (χ0) is 16.8. The van der Waals surface area contributed by atoms with E-state index in [0.29, 0.717) is 19.6 Å². The van der Waals surface area contributed by atoms with E-state index in [4.69, 9.17) is 0 Å². The molecule has 2 fully saturated rings. The zero-order valence-corrected chi connectivity index (χ0v) is 14.8. The second-order valence-corrected chi connectivity index (χ2v) is 7.37. The summed E-state index contributed by atoms with van der Waals surface area (Å²) >= 11 is 1.62. The van der Waals surface area contributed by atoms with Gasteiger partial charge in [0.05, 0.1) is 6.54 Å². The molecule has 2 amide bonds. The molecule has 130 valence electrons. The lowest BCUT2D eigenvalue weighted by Gasteiger charge is -2.35. The summed E-state index contributed by atoms with van der Waals surface area (Å²) < 4.78 is 0. The lowest BCUT2D eigenvalue weighted by atomic mass is 10.1. The molecule has 1 aromatic rings. The number of hydrogen-bond donors (Lipinski definition) is 0. The van der Waals surface area contributed by atoms with Crippen molar-refractivity contribution < 1.29 is 9.59 Å². The highest BCUT2D eigenvalue weighted by molar-refractivity contribution is 7.10. The first-order valence-electron chi connectivity index (χ1n) is 8.73. The third kappa shape index (κ3) is 4.68. The maximum atomic E-state index is 12.3. The first kappa shape index (κ1) is 17.2. The van der Waals surface area contributed by atoms with E-state index < -0.39 is 0 Å². The molecule has 5 nitrogen and oxygen atoms in total. The number of piperidine rings is 1. The Morgan fingerprint density at radius 2 is 1.75 bits per heavy atom. The molecule has 3 heterocycles. The molecule has 0 unspecified atom stereocenters. The molecule has 0 atom stereocenters. The van der Waals surface area contributed by atoms with Crippen LogP contribution in [-0.4, -0.2) is 72.3 Å². The van der Waals surface area contributed by atoms with E-state index in [1.54, 1.807) is 17.4 Å². The number of thiophene rings is 1. The second-order valence-electron chi connectivity index (χ2n) is 6.39. The summed E-state index contributed by atoms with van der Waals surface area (Å²) in [5.74, 6) is 0.303. The van der Waals surface area contributed by atoms with Gasteiger partial charge in [0.15, 0.2) is 0 Å². The molecular weight excluding hydrogens is 322 g/mol. The Labute approximate surface area is 147 Å². The van der Waals surface area contributed by atoms with Gasteiger partial charge in [-0.1, -0.05) is 6.07 Å². The predicted molar refractivity (Wildman–Crippen MR) is 96.8 cm³/mol. The summed E-state index contributed by atoms with van der Waals surface area (Å²) in [5, 5.41) is 2.00. The molecular formula is C18H25N3O2S. The largest absolute Gasteiger partial charge is 0.342 e. The fourth-order valence-electron chi connectivity index (χ4n) is 3.21. The van der Waals surface area contributed by atoms with Crippen LogP contribution in [0.2, 0.25) is 0 Å². The molecule has 1 aromatic heterocycles. The summed E-state index contributed by atoms with van der Waals surface area (Å²) in [6.45, 7) is 5.25. The zero-order valence-electron chi connectivity index (χ0n) is 14.0. The van der Waals surface area contributed by atoms with Crippen LogP contribution in [0.5, 0.6) is 0 Å². The standard InChI is InChI=1S/C18H25N3O2S/c22-17(7-6-16-5-4-14-24-16)21-12-10-19(11-13-21)15-18(23)20-8-2-1-3-9-20/h4-7,14H,1-3,8-13,15H2/b7-6+. The van der Waals surface area contributed by atoms with Gasteiger partial charge in [0.1, 0.15) is 0 Å². The van der Waals surface area contributed by atoms with Gasteiger partial charge in [-0.15, -0.1) is 11.3 Å². The highest BCUT2D eigenvalue weighted by Gasteiger charge is 2.23. The van der Waals surface area contributed by atoms with Crippen molar-refractivity contribution in [2.75, 3.05) is 45.8 Å². The van der Waals surface area contributed by atoms with Crippen molar-refractivity contribution in [1.82, 2.24) is 14.7 Å². The normalized spacial score (nSPS) is 19.8. The molecule has 0 bridgehead atoms. The fourth-order valence-corrected chi connectivity index (χ4v) is 3.82. The molecule has 0 aliphatic carbocycles. The van der Waals surface area contributed by atoms with Gasteiger partial charge in [0.2, 0.25) is 11.8 Å². The Balaban J connectivity index is 1.42. The van der Waals surface area contributed by atoms with Crippen molar-refractivity contribution in [3.05, 3.63) is 28.5 Å². The van der Waals surface area contributed by atoms with Crippen LogP contribution in [0.1, 0.15) is 24.1 Å². The molecule has 3 rings (SSSR count). The smallest absolute Gasteiger partial charge is 0.246 e.